The molecule has 0 spiro atoms. The maximum atomic E-state index is 12.2. The molecule has 0 fully saturated rings. The highest BCUT2D eigenvalue weighted by atomic mass is 32.2. The van der Waals surface area contributed by atoms with Crippen LogP contribution in [0.3, 0.4) is 0 Å². The van der Waals surface area contributed by atoms with Crippen LogP contribution in [-0.4, -0.2) is 24.7 Å². The first-order valence-corrected chi connectivity index (χ1v) is 7.11. The Bertz CT molecular complexity index is 722. The molecule has 1 heterocycles. The van der Waals surface area contributed by atoms with Gasteiger partial charge in [0.1, 0.15) is 0 Å². The fraction of sp³-hybridized carbons (Fsp3) is 0.167. The van der Waals surface area contributed by atoms with E-state index in [0.29, 0.717) is 11.3 Å². The van der Waals surface area contributed by atoms with Gasteiger partial charge >= 0.3 is 5.97 Å². The third-order valence-electron chi connectivity index (χ3n) is 2.65. The lowest BCUT2D eigenvalue weighted by Gasteiger charge is -2.09. The van der Waals surface area contributed by atoms with Crippen LogP contribution in [0.1, 0.15) is 21.7 Å². The van der Waals surface area contributed by atoms with Gasteiger partial charge in [0.2, 0.25) is 10.0 Å². The van der Waals surface area contributed by atoms with Gasteiger partial charge in [-0.05, 0) is 24.6 Å². The molecule has 8 heteroatoms. The van der Waals surface area contributed by atoms with Crippen LogP contribution < -0.4 is 4.72 Å². The summed E-state index contributed by atoms with van der Waals surface area (Å²) in [5, 5.41) is 12.4. The molecule has 0 bridgehead atoms. The lowest BCUT2D eigenvalue weighted by atomic mass is 10.1. The van der Waals surface area contributed by atoms with E-state index in [2.05, 4.69) is 9.88 Å². The number of sulfonamides is 1. The Balaban J connectivity index is 2.28. The minimum Gasteiger partial charge on any atom is -0.478 e. The Morgan fingerprint density at radius 2 is 2.15 bits per heavy atom. The van der Waals surface area contributed by atoms with Crippen molar-refractivity contribution in [2.24, 2.45) is 0 Å². The molecule has 0 radical (unpaired) electrons. The summed E-state index contributed by atoms with van der Waals surface area (Å²) in [6.07, 6.45) is 1.40. The second-order valence-corrected chi connectivity index (χ2v) is 5.82. The number of aryl methyl sites for hydroxylation is 1. The van der Waals surface area contributed by atoms with Gasteiger partial charge in [-0.15, -0.1) is 0 Å². The fourth-order valence-corrected chi connectivity index (χ4v) is 2.86. The first-order valence-electron chi connectivity index (χ1n) is 5.63. The van der Waals surface area contributed by atoms with E-state index in [1.165, 1.54) is 24.4 Å². The van der Waals surface area contributed by atoms with Crippen molar-refractivity contribution in [1.29, 1.82) is 0 Å². The summed E-state index contributed by atoms with van der Waals surface area (Å²) in [4.78, 5) is 10.8. The van der Waals surface area contributed by atoms with Gasteiger partial charge in [0.25, 0.3) is 0 Å². The van der Waals surface area contributed by atoms with E-state index in [1.54, 1.807) is 6.92 Å². The molecular formula is C12H12N2O5S. The average molecular weight is 296 g/mol. The summed E-state index contributed by atoms with van der Waals surface area (Å²) in [5.74, 6) is -0.822. The van der Waals surface area contributed by atoms with Crippen molar-refractivity contribution in [3.8, 4) is 0 Å². The summed E-state index contributed by atoms with van der Waals surface area (Å²) in [7, 11) is -3.82. The normalized spacial score (nSPS) is 11.4. The molecule has 1 aromatic heterocycles. The van der Waals surface area contributed by atoms with Crippen LogP contribution >= 0.6 is 0 Å². The van der Waals surface area contributed by atoms with Gasteiger partial charge in [-0.1, -0.05) is 11.2 Å². The van der Waals surface area contributed by atoms with Crippen molar-refractivity contribution < 1.29 is 22.8 Å². The number of carboxylic acids is 1. The number of rotatable bonds is 5. The number of aromatic carboxylic acids is 1. The minimum atomic E-state index is -3.82. The molecule has 0 atom stereocenters. The van der Waals surface area contributed by atoms with Crippen LogP contribution in [-0.2, 0) is 16.6 Å². The van der Waals surface area contributed by atoms with Gasteiger partial charge in [-0.25, -0.2) is 17.9 Å². The zero-order valence-electron chi connectivity index (χ0n) is 10.5. The molecule has 2 aromatic rings. The van der Waals surface area contributed by atoms with Gasteiger partial charge < -0.3 is 9.63 Å². The van der Waals surface area contributed by atoms with Crippen LogP contribution in [0, 0.1) is 6.92 Å². The Labute approximate surface area is 115 Å². The Hall–Kier alpha value is -2.19. The number of nitrogens with one attached hydrogen (secondary N) is 1. The van der Waals surface area contributed by atoms with Crippen LogP contribution in [0.5, 0.6) is 0 Å². The third kappa shape index (κ3) is 3.03. The van der Waals surface area contributed by atoms with Crippen molar-refractivity contribution in [1.82, 2.24) is 9.88 Å². The molecule has 0 saturated carbocycles. The molecule has 1 aromatic carbocycles. The van der Waals surface area contributed by atoms with Crippen LogP contribution in [0.4, 0.5) is 0 Å². The van der Waals surface area contributed by atoms with Crippen molar-refractivity contribution >= 4 is 16.0 Å². The van der Waals surface area contributed by atoms with Crippen LogP contribution in [0.2, 0.25) is 0 Å². The van der Waals surface area contributed by atoms with E-state index in [-0.39, 0.29) is 17.0 Å². The quantitative estimate of drug-likeness (QED) is 0.856. The van der Waals surface area contributed by atoms with Gasteiger partial charge in [0.05, 0.1) is 23.2 Å². The van der Waals surface area contributed by atoms with Crippen LogP contribution in [0.15, 0.2) is 39.9 Å². The molecule has 106 valence electrons. The monoisotopic (exact) mass is 296 g/mol. The highest BCUT2D eigenvalue weighted by Crippen LogP contribution is 2.17. The van der Waals surface area contributed by atoms with E-state index >= 15 is 0 Å². The van der Waals surface area contributed by atoms with Crippen molar-refractivity contribution in [3.05, 3.63) is 47.3 Å². The molecule has 20 heavy (non-hydrogen) atoms. The highest BCUT2D eigenvalue weighted by molar-refractivity contribution is 7.89. The number of hydrogen-bond acceptors (Lipinski definition) is 5. The number of aromatic nitrogens is 1. The Morgan fingerprint density at radius 1 is 1.40 bits per heavy atom. The summed E-state index contributed by atoms with van der Waals surface area (Å²) < 4.78 is 31.4. The van der Waals surface area contributed by atoms with E-state index in [9.17, 15) is 13.2 Å². The predicted molar refractivity (Wildman–Crippen MR) is 68.7 cm³/mol. The SMILES string of the molecule is Cc1ccc(C(=O)O)cc1S(=O)(=O)NCc1ccno1. The molecule has 2 rings (SSSR count). The molecule has 0 aliphatic heterocycles. The van der Waals surface area contributed by atoms with Crippen molar-refractivity contribution in [3.63, 3.8) is 0 Å². The Morgan fingerprint density at radius 3 is 2.75 bits per heavy atom. The van der Waals surface area contributed by atoms with E-state index in [4.69, 9.17) is 9.63 Å². The third-order valence-corrected chi connectivity index (χ3v) is 4.20. The molecule has 0 amide bonds. The minimum absolute atomic E-state index is 0.0565. The summed E-state index contributed by atoms with van der Waals surface area (Å²) in [6.45, 7) is 1.54. The topological polar surface area (TPSA) is 110 Å². The second-order valence-electron chi connectivity index (χ2n) is 4.09. The lowest BCUT2D eigenvalue weighted by Crippen LogP contribution is -2.24. The summed E-state index contributed by atoms with van der Waals surface area (Å²) in [5.41, 5.74) is 0.371. The molecule has 0 unspecified atom stereocenters. The van der Waals surface area contributed by atoms with Crippen molar-refractivity contribution in [2.75, 3.05) is 0 Å². The Kier molecular flexibility index (Phi) is 3.86. The lowest BCUT2D eigenvalue weighted by molar-refractivity contribution is 0.0696. The van der Waals surface area contributed by atoms with Gasteiger partial charge in [0.15, 0.2) is 5.76 Å². The molecule has 2 N–H and O–H groups in total. The zero-order chi connectivity index (χ0) is 14.8. The number of benzene rings is 1. The van der Waals surface area contributed by atoms with Crippen LogP contribution in [0.25, 0.3) is 0 Å². The average Bonchev–Trinajstić information content (AvgIpc) is 2.89. The molecule has 7 nitrogen and oxygen atoms in total. The zero-order valence-corrected chi connectivity index (χ0v) is 11.3. The maximum absolute atomic E-state index is 12.2. The molecular weight excluding hydrogens is 284 g/mol. The van der Waals surface area contributed by atoms with Crippen molar-refractivity contribution in [2.45, 2.75) is 18.4 Å². The number of hydrogen-bond donors (Lipinski definition) is 2. The highest BCUT2D eigenvalue weighted by Gasteiger charge is 2.19. The van der Waals surface area contributed by atoms with Gasteiger partial charge in [-0.3, -0.25) is 0 Å². The van der Waals surface area contributed by atoms with E-state index in [1.807, 2.05) is 0 Å². The number of nitrogens with zero attached hydrogens (tertiary/aromatic N) is 1. The maximum Gasteiger partial charge on any atom is 0.335 e. The van der Waals surface area contributed by atoms with E-state index < -0.39 is 16.0 Å². The fourth-order valence-electron chi connectivity index (χ4n) is 1.60. The smallest absolute Gasteiger partial charge is 0.335 e. The second kappa shape index (κ2) is 5.43. The van der Waals surface area contributed by atoms with E-state index in [0.717, 1.165) is 6.07 Å². The number of carboxylic acid groups (broad SMARTS) is 1. The number of carbonyl (C=O) groups is 1. The molecule has 0 saturated heterocycles. The predicted octanol–water partition coefficient (Wildman–Crippen LogP) is 1.16. The summed E-state index contributed by atoms with van der Waals surface area (Å²) in [6, 6.07) is 5.46. The summed E-state index contributed by atoms with van der Waals surface area (Å²) >= 11 is 0. The van der Waals surface area contributed by atoms with Gasteiger partial charge in [-0.2, -0.15) is 0 Å². The first kappa shape index (κ1) is 14.2. The molecule has 0 aliphatic rings. The first-order chi connectivity index (χ1) is 9.40. The standard InChI is InChI=1S/C12H12N2O5S/c1-8-2-3-9(12(15)16)6-11(8)20(17,18)14-7-10-4-5-13-19-10/h2-6,14H,7H2,1H3,(H,15,16). The van der Waals surface area contributed by atoms with Gasteiger partial charge in [0, 0.05) is 6.07 Å². The largest absolute Gasteiger partial charge is 0.478 e. The molecule has 0 aliphatic carbocycles.